The van der Waals surface area contributed by atoms with Gasteiger partial charge in [-0.05, 0) is 65.3 Å². The van der Waals surface area contributed by atoms with Crippen LogP contribution in [-0.2, 0) is 0 Å². The third-order valence-corrected chi connectivity index (χ3v) is 5.67. The van der Waals surface area contributed by atoms with Crippen LogP contribution in [0.2, 0.25) is 0 Å². The molecule has 0 spiro atoms. The highest BCUT2D eigenvalue weighted by Gasteiger charge is 2.21. The lowest BCUT2D eigenvalue weighted by Crippen LogP contribution is -1.90. The van der Waals surface area contributed by atoms with E-state index in [-0.39, 0.29) is 0 Å². The van der Waals surface area contributed by atoms with Crippen LogP contribution in [-0.4, -0.2) is 0 Å². The molecule has 0 radical (unpaired) electrons. The number of benzene rings is 5. The van der Waals surface area contributed by atoms with E-state index in [0.29, 0.717) is 5.92 Å². The van der Waals surface area contributed by atoms with E-state index >= 15 is 0 Å². The molecular formula is C23H16. The van der Waals surface area contributed by atoms with Gasteiger partial charge in [-0.3, -0.25) is 0 Å². The largest absolute Gasteiger partial charge is 0.0587 e. The van der Waals surface area contributed by atoms with Crippen LogP contribution in [0.4, 0.5) is 0 Å². The first-order chi connectivity index (χ1) is 11.2. The van der Waals surface area contributed by atoms with Crippen LogP contribution < -0.4 is 0 Å². The Labute approximate surface area is 134 Å². The fraction of sp³-hybridized carbons (Fsp3) is 0.130. The summed E-state index contributed by atoms with van der Waals surface area (Å²) in [4.78, 5) is 0. The zero-order chi connectivity index (χ0) is 15.3. The zero-order valence-electron chi connectivity index (χ0n) is 13.3. The second kappa shape index (κ2) is 3.65. The van der Waals surface area contributed by atoms with E-state index in [1.54, 1.807) is 0 Å². The van der Waals surface area contributed by atoms with Crippen molar-refractivity contribution in [3.8, 4) is 0 Å². The normalized spacial score (nSPS) is 13.2. The van der Waals surface area contributed by atoms with Crippen molar-refractivity contribution >= 4 is 53.9 Å². The smallest absolute Gasteiger partial charge is 0.00110 e. The molecule has 0 nitrogen and oxygen atoms in total. The first-order valence-corrected chi connectivity index (χ1v) is 8.41. The molecule has 6 rings (SSSR count). The maximum absolute atomic E-state index is 2.42. The Morgan fingerprint density at radius 3 is 1.52 bits per heavy atom. The Morgan fingerprint density at radius 2 is 0.957 bits per heavy atom. The van der Waals surface area contributed by atoms with E-state index in [9.17, 15) is 0 Å². The highest BCUT2D eigenvalue weighted by molar-refractivity contribution is 6.44. The molecule has 0 heterocycles. The molecule has 0 N–H and O–H groups in total. The average Bonchev–Trinajstić information content (AvgIpc) is 2.94. The first kappa shape index (κ1) is 11.9. The molecule has 108 valence electrons. The summed E-state index contributed by atoms with van der Waals surface area (Å²) in [6.45, 7) is 4.60. The lowest BCUT2D eigenvalue weighted by Gasteiger charge is -2.13. The van der Waals surface area contributed by atoms with E-state index in [4.69, 9.17) is 0 Å². The second-order valence-corrected chi connectivity index (χ2v) is 7.20. The van der Waals surface area contributed by atoms with Gasteiger partial charge in [-0.15, -0.1) is 0 Å². The molecule has 0 amide bonds. The molecule has 0 aromatic heterocycles. The van der Waals surface area contributed by atoms with E-state index in [0.717, 1.165) is 0 Å². The van der Waals surface area contributed by atoms with Crippen LogP contribution in [0.3, 0.4) is 0 Å². The minimum atomic E-state index is 0.537. The fourth-order valence-electron chi connectivity index (χ4n) is 4.68. The number of rotatable bonds is 1. The Morgan fingerprint density at radius 1 is 0.522 bits per heavy atom. The van der Waals surface area contributed by atoms with Crippen LogP contribution in [0.1, 0.15) is 25.3 Å². The van der Waals surface area contributed by atoms with Gasteiger partial charge in [-0.1, -0.05) is 68.4 Å². The Kier molecular flexibility index (Phi) is 1.89. The van der Waals surface area contributed by atoms with Crippen molar-refractivity contribution in [2.75, 3.05) is 0 Å². The quantitative estimate of drug-likeness (QED) is 0.289. The molecule has 0 fully saturated rings. The molecule has 23 heavy (non-hydrogen) atoms. The molecular weight excluding hydrogens is 276 g/mol. The summed E-state index contributed by atoms with van der Waals surface area (Å²) in [6, 6.07) is 20.8. The third-order valence-electron chi connectivity index (χ3n) is 5.67. The summed E-state index contributed by atoms with van der Waals surface area (Å²) < 4.78 is 0. The molecule has 0 saturated carbocycles. The molecule has 0 saturated heterocycles. The van der Waals surface area contributed by atoms with E-state index < -0.39 is 0 Å². The van der Waals surface area contributed by atoms with Gasteiger partial charge in [0.15, 0.2) is 0 Å². The van der Waals surface area contributed by atoms with Gasteiger partial charge in [0, 0.05) is 0 Å². The van der Waals surface area contributed by atoms with Crippen molar-refractivity contribution in [2.24, 2.45) is 0 Å². The minimum absolute atomic E-state index is 0.537. The van der Waals surface area contributed by atoms with Crippen molar-refractivity contribution in [1.82, 2.24) is 0 Å². The van der Waals surface area contributed by atoms with E-state index in [1.165, 1.54) is 59.4 Å². The standard InChI is InChI=1S/C23H16/c1-12(2)18-11-16-8-7-14-4-3-13-5-6-15-9-10-17(18)23-21(15)19(13)20(14)22(16)23/h3-12H,1-2H3. The summed E-state index contributed by atoms with van der Waals surface area (Å²) in [6.07, 6.45) is 0. The van der Waals surface area contributed by atoms with Gasteiger partial charge in [0.1, 0.15) is 0 Å². The van der Waals surface area contributed by atoms with E-state index in [2.05, 4.69) is 68.4 Å². The Bertz CT molecular complexity index is 1280. The number of hydrogen-bond donors (Lipinski definition) is 0. The Balaban J connectivity index is 2.13. The third kappa shape index (κ3) is 1.22. The van der Waals surface area contributed by atoms with Gasteiger partial charge in [-0.25, -0.2) is 0 Å². The highest BCUT2D eigenvalue weighted by Crippen LogP contribution is 2.49. The predicted octanol–water partition coefficient (Wildman–Crippen LogP) is 6.89. The second-order valence-electron chi connectivity index (χ2n) is 7.20. The van der Waals surface area contributed by atoms with Gasteiger partial charge in [0.25, 0.3) is 0 Å². The molecule has 0 aliphatic heterocycles. The molecule has 0 unspecified atom stereocenters. The van der Waals surface area contributed by atoms with Gasteiger partial charge in [-0.2, -0.15) is 0 Å². The molecule has 0 bridgehead atoms. The molecule has 0 heteroatoms. The number of hydrogen-bond acceptors (Lipinski definition) is 0. The zero-order valence-corrected chi connectivity index (χ0v) is 13.3. The summed E-state index contributed by atoms with van der Waals surface area (Å²) in [5, 5.41) is 14.3. The fourth-order valence-corrected chi connectivity index (χ4v) is 4.68. The van der Waals surface area contributed by atoms with Crippen molar-refractivity contribution in [1.29, 1.82) is 0 Å². The van der Waals surface area contributed by atoms with Crippen molar-refractivity contribution in [2.45, 2.75) is 19.8 Å². The molecule has 0 aliphatic carbocycles. The van der Waals surface area contributed by atoms with Crippen LogP contribution >= 0.6 is 0 Å². The van der Waals surface area contributed by atoms with Gasteiger partial charge in [0.2, 0.25) is 0 Å². The lowest BCUT2D eigenvalue weighted by molar-refractivity contribution is 0.878. The van der Waals surface area contributed by atoms with Crippen LogP contribution in [0.15, 0.2) is 54.6 Å². The lowest BCUT2D eigenvalue weighted by atomic mass is 9.91. The van der Waals surface area contributed by atoms with Crippen LogP contribution in [0.25, 0.3) is 53.9 Å². The van der Waals surface area contributed by atoms with Crippen LogP contribution in [0.5, 0.6) is 0 Å². The molecule has 6 aromatic carbocycles. The van der Waals surface area contributed by atoms with E-state index in [1.807, 2.05) is 0 Å². The first-order valence-electron chi connectivity index (χ1n) is 8.41. The summed E-state index contributed by atoms with van der Waals surface area (Å²) >= 11 is 0. The maximum atomic E-state index is 2.42. The Hall–Kier alpha value is -2.60. The monoisotopic (exact) mass is 292 g/mol. The minimum Gasteiger partial charge on any atom is -0.0587 e. The van der Waals surface area contributed by atoms with Crippen molar-refractivity contribution < 1.29 is 0 Å². The summed E-state index contributed by atoms with van der Waals surface area (Å²) in [5.74, 6) is 0.537. The van der Waals surface area contributed by atoms with Crippen molar-refractivity contribution in [3.63, 3.8) is 0 Å². The van der Waals surface area contributed by atoms with Crippen molar-refractivity contribution in [3.05, 3.63) is 60.2 Å². The van der Waals surface area contributed by atoms with Gasteiger partial charge < -0.3 is 0 Å². The van der Waals surface area contributed by atoms with Gasteiger partial charge >= 0.3 is 0 Å². The topological polar surface area (TPSA) is 0 Å². The highest BCUT2D eigenvalue weighted by atomic mass is 14.2. The molecule has 0 aliphatic rings. The maximum Gasteiger partial charge on any atom is -0.00110 e. The van der Waals surface area contributed by atoms with Gasteiger partial charge in [0.05, 0.1) is 0 Å². The van der Waals surface area contributed by atoms with Crippen LogP contribution in [0, 0.1) is 0 Å². The SMILES string of the molecule is CC(C)c1cc2ccc3ccc4ccc5ccc1c1c5c4c3c21. The average molecular weight is 292 g/mol. The summed E-state index contributed by atoms with van der Waals surface area (Å²) in [7, 11) is 0. The molecule has 0 atom stereocenters. The molecule has 6 aromatic rings. The summed E-state index contributed by atoms with van der Waals surface area (Å²) in [5.41, 5.74) is 1.47. The predicted molar refractivity (Wildman–Crippen MR) is 102 cm³/mol.